The van der Waals surface area contributed by atoms with Crippen molar-refractivity contribution in [3.05, 3.63) is 107 Å². The fourth-order valence-corrected chi connectivity index (χ4v) is 5.56. The standard InChI is InChI=1S/C30H31N5O2S/c1-19-16-24(20(2)34(19)18-22-10-6-5-7-11-22)29-28(25-12-8-9-15-31-25)33-30(38)35(29)23-13-14-27(37-4)26(17-23)32-21(3)36/h5-17,28-29H,18H2,1-4H3,(H,32,36)(H,33,38)/t28-,29-/m1/s1. The van der Waals surface area contributed by atoms with Crippen molar-refractivity contribution < 1.29 is 9.53 Å². The maximum Gasteiger partial charge on any atom is 0.221 e. The quantitative estimate of drug-likeness (QED) is 0.302. The third-order valence-electron chi connectivity index (χ3n) is 6.98. The topological polar surface area (TPSA) is 71.4 Å². The number of nitrogens with one attached hydrogen (secondary N) is 2. The lowest BCUT2D eigenvalue weighted by atomic mass is 9.96. The first-order valence-electron chi connectivity index (χ1n) is 12.5. The molecule has 1 saturated heterocycles. The van der Waals surface area contributed by atoms with Gasteiger partial charge >= 0.3 is 0 Å². The predicted molar refractivity (Wildman–Crippen MR) is 155 cm³/mol. The van der Waals surface area contributed by atoms with E-state index >= 15 is 0 Å². The molecular weight excluding hydrogens is 494 g/mol. The molecule has 1 aliphatic rings. The predicted octanol–water partition coefficient (Wildman–Crippen LogP) is 5.69. The minimum absolute atomic E-state index is 0.160. The molecule has 0 unspecified atom stereocenters. The van der Waals surface area contributed by atoms with Crippen LogP contribution in [0.4, 0.5) is 11.4 Å². The third-order valence-corrected chi connectivity index (χ3v) is 7.30. The molecule has 3 heterocycles. The molecule has 2 aromatic carbocycles. The average molecular weight is 526 g/mol. The highest BCUT2D eigenvalue weighted by Crippen LogP contribution is 2.44. The Hall–Kier alpha value is -4.17. The van der Waals surface area contributed by atoms with Gasteiger partial charge in [0.05, 0.1) is 30.6 Å². The van der Waals surface area contributed by atoms with Gasteiger partial charge in [-0.25, -0.2) is 0 Å². The van der Waals surface area contributed by atoms with Gasteiger partial charge in [-0.1, -0.05) is 36.4 Å². The van der Waals surface area contributed by atoms with E-state index in [9.17, 15) is 4.79 Å². The Labute approximate surface area is 228 Å². The normalized spacial score (nSPS) is 16.8. The number of rotatable bonds is 7. The first-order valence-corrected chi connectivity index (χ1v) is 12.9. The highest BCUT2D eigenvalue weighted by atomic mass is 32.1. The molecule has 2 atom stereocenters. The summed E-state index contributed by atoms with van der Waals surface area (Å²) in [4.78, 5) is 18.7. The summed E-state index contributed by atoms with van der Waals surface area (Å²) in [6.07, 6.45) is 1.81. The van der Waals surface area contributed by atoms with Crippen molar-refractivity contribution >= 4 is 34.6 Å². The first kappa shape index (κ1) is 25.5. The van der Waals surface area contributed by atoms with E-state index < -0.39 is 0 Å². The molecule has 0 saturated carbocycles. The number of amides is 1. The second-order valence-electron chi connectivity index (χ2n) is 9.46. The van der Waals surface area contributed by atoms with Gasteiger partial charge in [0.25, 0.3) is 0 Å². The van der Waals surface area contributed by atoms with Crippen LogP contribution >= 0.6 is 12.2 Å². The highest BCUT2D eigenvalue weighted by Gasteiger charge is 2.42. The maximum absolute atomic E-state index is 11.9. The Morgan fingerprint density at radius 3 is 2.53 bits per heavy atom. The van der Waals surface area contributed by atoms with Crippen molar-refractivity contribution in [3.63, 3.8) is 0 Å². The van der Waals surface area contributed by atoms with Crippen LogP contribution in [0.5, 0.6) is 5.75 Å². The number of methoxy groups -OCH3 is 1. The van der Waals surface area contributed by atoms with E-state index in [0.717, 1.165) is 17.9 Å². The monoisotopic (exact) mass is 525 g/mol. The molecule has 0 bridgehead atoms. The number of carbonyl (C=O) groups is 1. The Morgan fingerprint density at radius 2 is 1.84 bits per heavy atom. The van der Waals surface area contributed by atoms with Crippen molar-refractivity contribution in [1.29, 1.82) is 0 Å². The van der Waals surface area contributed by atoms with E-state index in [-0.39, 0.29) is 18.0 Å². The molecule has 1 aliphatic heterocycles. The number of thiocarbonyl (C=S) groups is 1. The van der Waals surface area contributed by atoms with Gasteiger partial charge in [0.15, 0.2) is 5.11 Å². The SMILES string of the molecule is COc1ccc(N2C(=S)N[C@H](c3ccccn3)[C@H]2c2cc(C)n(Cc3ccccc3)c2C)cc1NC(C)=O. The molecule has 38 heavy (non-hydrogen) atoms. The van der Waals surface area contributed by atoms with E-state index in [1.807, 2.05) is 42.5 Å². The summed E-state index contributed by atoms with van der Waals surface area (Å²) in [7, 11) is 1.59. The lowest BCUT2D eigenvalue weighted by Gasteiger charge is -2.29. The summed E-state index contributed by atoms with van der Waals surface area (Å²) >= 11 is 5.92. The van der Waals surface area contributed by atoms with Gasteiger partial charge in [0.2, 0.25) is 5.91 Å². The van der Waals surface area contributed by atoms with Crippen LogP contribution < -0.4 is 20.3 Å². The number of anilines is 2. The molecule has 2 aromatic heterocycles. The van der Waals surface area contributed by atoms with Gasteiger partial charge in [0.1, 0.15) is 5.75 Å². The van der Waals surface area contributed by atoms with Crippen molar-refractivity contribution in [1.82, 2.24) is 14.9 Å². The third kappa shape index (κ3) is 4.87. The van der Waals surface area contributed by atoms with Crippen molar-refractivity contribution in [2.75, 3.05) is 17.3 Å². The van der Waals surface area contributed by atoms with Crippen LogP contribution in [0.25, 0.3) is 0 Å². The Kier molecular flexibility index (Phi) is 7.15. The second-order valence-corrected chi connectivity index (χ2v) is 9.85. The molecule has 0 radical (unpaired) electrons. The van der Waals surface area contributed by atoms with Gasteiger partial charge in [-0.3, -0.25) is 9.78 Å². The fourth-order valence-electron chi connectivity index (χ4n) is 5.22. The molecule has 194 valence electrons. The van der Waals surface area contributed by atoms with E-state index in [0.29, 0.717) is 16.5 Å². The lowest BCUT2D eigenvalue weighted by Crippen LogP contribution is -2.29. The number of aromatic nitrogens is 2. The number of benzene rings is 2. The zero-order chi connectivity index (χ0) is 26.8. The van der Waals surface area contributed by atoms with Crippen molar-refractivity contribution in [3.8, 4) is 5.75 Å². The summed E-state index contributed by atoms with van der Waals surface area (Å²) in [6.45, 7) is 6.57. The van der Waals surface area contributed by atoms with E-state index in [1.165, 1.54) is 29.4 Å². The number of hydrogen-bond acceptors (Lipinski definition) is 4. The zero-order valence-corrected chi connectivity index (χ0v) is 22.8. The number of carbonyl (C=O) groups excluding carboxylic acids is 1. The smallest absolute Gasteiger partial charge is 0.221 e. The summed E-state index contributed by atoms with van der Waals surface area (Å²) in [5, 5.41) is 7.01. The van der Waals surface area contributed by atoms with Crippen molar-refractivity contribution in [2.45, 2.75) is 39.4 Å². The molecule has 2 N–H and O–H groups in total. The number of pyridine rings is 1. The van der Waals surface area contributed by atoms with Crippen molar-refractivity contribution in [2.24, 2.45) is 0 Å². The van der Waals surface area contributed by atoms with Gasteiger partial charge in [-0.2, -0.15) is 0 Å². The minimum atomic E-state index is -0.171. The van der Waals surface area contributed by atoms with Gasteiger partial charge < -0.3 is 24.8 Å². The van der Waals surface area contributed by atoms with Gasteiger partial charge in [0, 0.05) is 36.7 Å². The summed E-state index contributed by atoms with van der Waals surface area (Å²) in [5.41, 5.74) is 7.11. The summed E-state index contributed by atoms with van der Waals surface area (Å²) < 4.78 is 7.84. The zero-order valence-electron chi connectivity index (χ0n) is 21.9. The number of aryl methyl sites for hydroxylation is 1. The molecule has 5 rings (SSSR count). The molecule has 1 fully saturated rings. The second kappa shape index (κ2) is 10.7. The lowest BCUT2D eigenvalue weighted by molar-refractivity contribution is -0.114. The molecule has 0 spiro atoms. The Morgan fingerprint density at radius 1 is 1.08 bits per heavy atom. The number of hydrogen-bond donors (Lipinski definition) is 2. The Bertz CT molecular complexity index is 1470. The first-order chi connectivity index (χ1) is 18.4. The fraction of sp³-hybridized carbons (Fsp3) is 0.233. The minimum Gasteiger partial charge on any atom is -0.495 e. The summed E-state index contributed by atoms with van der Waals surface area (Å²) in [6, 6.07) is 24.1. The molecule has 8 heteroatoms. The Balaban J connectivity index is 1.63. The molecular formula is C30H31N5O2S. The van der Waals surface area contributed by atoms with Crippen LogP contribution in [0.1, 0.15) is 47.2 Å². The highest BCUT2D eigenvalue weighted by molar-refractivity contribution is 7.80. The average Bonchev–Trinajstić information content (AvgIpc) is 3.40. The van der Waals surface area contributed by atoms with Crippen LogP contribution in [0.3, 0.4) is 0 Å². The number of nitrogens with zero attached hydrogens (tertiary/aromatic N) is 3. The molecule has 4 aromatic rings. The molecule has 7 nitrogen and oxygen atoms in total. The van der Waals surface area contributed by atoms with Gasteiger partial charge in [-0.05, 0) is 73.6 Å². The van der Waals surface area contributed by atoms with Crippen LogP contribution in [0.2, 0.25) is 0 Å². The van der Waals surface area contributed by atoms with Crippen LogP contribution in [0.15, 0.2) is 79.0 Å². The molecule has 1 amide bonds. The van der Waals surface area contributed by atoms with Crippen LogP contribution in [0, 0.1) is 13.8 Å². The van der Waals surface area contributed by atoms with Gasteiger partial charge in [-0.15, -0.1) is 0 Å². The largest absolute Gasteiger partial charge is 0.495 e. The maximum atomic E-state index is 11.9. The van der Waals surface area contributed by atoms with E-state index in [2.05, 4.69) is 69.3 Å². The number of ether oxygens (including phenoxy) is 1. The van der Waals surface area contributed by atoms with E-state index in [1.54, 1.807) is 13.3 Å². The summed E-state index contributed by atoms with van der Waals surface area (Å²) in [5.74, 6) is 0.413. The van der Waals surface area contributed by atoms with Crippen LogP contribution in [-0.4, -0.2) is 27.7 Å². The van der Waals surface area contributed by atoms with Crippen LogP contribution in [-0.2, 0) is 11.3 Å². The molecule has 0 aliphatic carbocycles. The van der Waals surface area contributed by atoms with E-state index in [4.69, 9.17) is 17.0 Å².